The number of nitrogens with zero attached hydrogens (tertiary/aromatic N) is 2. The predicted molar refractivity (Wildman–Crippen MR) is 108 cm³/mol. The minimum atomic E-state index is -0.309. The van der Waals surface area contributed by atoms with E-state index in [0.29, 0.717) is 22.7 Å². The lowest BCUT2D eigenvalue weighted by molar-refractivity contribution is 0.0689. The van der Waals surface area contributed by atoms with E-state index in [1.54, 1.807) is 6.07 Å². The van der Waals surface area contributed by atoms with Crippen LogP contribution < -0.4 is 5.32 Å². The average Bonchev–Trinajstić information content (AvgIpc) is 2.59. The smallest absolute Gasteiger partial charge is 0.255 e. The Morgan fingerprint density at radius 1 is 1.27 bits per heavy atom. The van der Waals surface area contributed by atoms with Crippen molar-refractivity contribution in [3.8, 4) is 0 Å². The van der Waals surface area contributed by atoms with Crippen molar-refractivity contribution in [3.63, 3.8) is 0 Å². The third-order valence-electron chi connectivity index (χ3n) is 4.79. The molecule has 0 atom stereocenters. The van der Waals surface area contributed by atoms with Crippen molar-refractivity contribution in [3.05, 3.63) is 41.3 Å². The summed E-state index contributed by atoms with van der Waals surface area (Å²) >= 11 is 0. The number of nitrogens with one attached hydrogen (secondary N) is 1. The highest BCUT2D eigenvalue weighted by atomic mass is 35.5. The number of benzene rings is 1. The molecule has 7 heteroatoms. The predicted octanol–water partition coefficient (Wildman–Crippen LogP) is 3.99. The number of fused-ring (bicyclic) bond motifs is 1. The summed E-state index contributed by atoms with van der Waals surface area (Å²) in [6.45, 7) is 7.52. The first-order chi connectivity index (χ1) is 11.6. The van der Waals surface area contributed by atoms with Crippen LogP contribution >= 0.6 is 24.8 Å². The molecule has 1 amide bonds. The molecule has 2 heterocycles. The van der Waals surface area contributed by atoms with Crippen molar-refractivity contribution < 1.29 is 9.18 Å². The van der Waals surface area contributed by atoms with Crippen molar-refractivity contribution in [1.29, 1.82) is 0 Å². The van der Waals surface area contributed by atoms with Gasteiger partial charge in [-0.25, -0.2) is 4.39 Å². The molecule has 3 rings (SSSR count). The molecule has 0 aliphatic carbocycles. The molecule has 2 aromatic rings. The Hall–Kier alpha value is -1.43. The van der Waals surface area contributed by atoms with Crippen LogP contribution in [-0.2, 0) is 0 Å². The Labute approximate surface area is 166 Å². The quantitative estimate of drug-likeness (QED) is 0.841. The fraction of sp³-hybridized carbons (Fsp3) is 0.474. The molecule has 1 N–H and O–H groups in total. The maximum absolute atomic E-state index is 13.3. The number of carbonyl (C=O) groups is 1. The van der Waals surface area contributed by atoms with E-state index in [1.807, 2.05) is 17.9 Å². The molecule has 1 fully saturated rings. The van der Waals surface area contributed by atoms with Crippen molar-refractivity contribution >= 4 is 41.6 Å². The van der Waals surface area contributed by atoms with E-state index in [1.165, 1.54) is 12.1 Å². The first-order valence-corrected chi connectivity index (χ1v) is 8.65. The van der Waals surface area contributed by atoms with Crippen LogP contribution in [0.25, 0.3) is 10.9 Å². The zero-order valence-electron chi connectivity index (χ0n) is 15.1. The van der Waals surface area contributed by atoms with Crippen LogP contribution in [0.5, 0.6) is 0 Å². The molecular formula is C19H26Cl2FN3O. The first-order valence-electron chi connectivity index (χ1n) is 8.65. The molecule has 144 valence electrons. The third-order valence-corrected chi connectivity index (χ3v) is 4.79. The van der Waals surface area contributed by atoms with Gasteiger partial charge in [0.2, 0.25) is 0 Å². The number of aryl methyl sites for hydroxylation is 1. The lowest BCUT2D eigenvalue weighted by atomic mass is 9.96. The van der Waals surface area contributed by atoms with E-state index in [0.717, 1.165) is 44.4 Å². The molecule has 1 aromatic heterocycles. The summed E-state index contributed by atoms with van der Waals surface area (Å²) < 4.78 is 13.3. The number of hydrogen-bond donors (Lipinski definition) is 1. The Morgan fingerprint density at radius 2 is 1.96 bits per heavy atom. The van der Waals surface area contributed by atoms with Gasteiger partial charge in [-0.2, -0.15) is 0 Å². The Morgan fingerprint density at radius 3 is 2.62 bits per heavy atom. The minimum absolute atomic E-state index is 0. The molecule has 0 bridgehead atoms. The van der Waals surface area contributed by atoms with Crippen LogP contribution in [-0.4, -0.2) is 42.0 Å². The van der Waals surface area contributed by atoms with Gasteiger partial charge in [0.25, 0.3) is 5.91 Å². The molecule has 1 saturated heterocycles. The van der Waals surface area contributed by atoms with Gasteiger partial charge < -0.3 is 10.2 Å². The van der Waals surface area contributed by atoms with E-state index in [2.05, 4.69) is 17.2 Å². The SMILES string of the molecule is CCNCC1CCN(C(=O)c2cc3ccc(F)cc3nc2C)CC1.Cl.Cl. The van der Waals surface area contributed by atoms with Gasteiger partial charge in [-0.05, 0) is 57.0 Å². The van der Waals surface area contributed by atoms with Gasteiger partial charge in [0.05, 0.1) is 16.8 Å². The number of rotatable bonds is 4. The maximum atomic E-state index is 13.3. The van der Waals surface area contributed by atoms with E-state index < -0.39 is 0 Å². The topological polar surface area (TPSA) is 45.2 Å². The molecule has 1 aliphatic heterocycles. The molecule has 1 aromatic carbocycles. The number of aromatic nitrogens is 1. The van der Waals surface area contributed by atoms with Crippen LogP contribution in [0, 0.1) is 18.7 Å². The summed E-state index contributed by atoms with van der Waals surface area (Å²) in [6, 6.07) is 6.32. The highest BCUT2D eigenvalue weighted by molar-refractivity contribution is 5.98. The highest BCUT2D eigenvalue weighted by Gasteiger charge is 2.24. The molecule has 0 spiro atoms. The maximum Gasteiger partial charge on any atom is 0.255 e. The van der Waals surface area contributed by atoms with Crippen LogP contribution in [0.2, 0.25) is 0 Å². The number of carbonyl (C=O) groups excluding carboxylic acids is 1. The van der Waals surface area contributed by atoms with Gasteiger partial charge in [0, 0.05) is 24.5 Å². The van der Waals surface area contributed by atoms with E-state index in [-0.39, 0.29) is 36.5 Å². The molecule has 0 radical (unpaired) electrons. The highest BCUT2D eigenvalue weighted by Crippen LogP contribution is 2.22. The first kappa shape index (κ1) is 22.6. The normalized spacial score (nSPS) is 14.7. The van der Waals surface area contributed by atoms with E-state index in [4.69, 9.17) is 0 Å². The second-order valence-corrected chi connectivity index (χ2v) is 6.50. The summed E-state index contributed by atoms with van der Waals surface area (Å²) in [4.78, 5) is 19.2. The summed E-state index contributed by atoms with van der Waals surface area (Å²) in [6.07, 6.45) is 2.06. The number of piperidine rings is 1. The number of amides is 1. The number of pyridine rings is 1. The van der Waals surface area contributed by atoms with E-state index in [9.17, 15) is 9.18 Å². The lowest BCUT2D eigenvalue weighted by Crippen LogP contribution is -2.41. The van der Waals surface area contributed by atoms with Crippen LogP contribution in [0.3, 0.4) is 0 Å². The van der Waals surface area contributed by atoms with Gasteiger partial charge in [-0.3, -0.25) is 9.78 Å². The minimum Gasteiger partial charge on any atom is -0.339 e. The molecule has 0 saturated carbocycles. The molecular weight excluding hydrogens is 376 g/mol. The van der Waals surface area contributed by atoms with Crippen molar-refractivity contribution in [1.82, 2.24) is 15.2 Å². The van der Waals surface area contributed by atoms with Crippen molar-refractivity contribution in [2.24, 2.45) is 5.92 Å². The summed E-state index contributed by atoms with van der Waals surface area (Å²) in [5.74, 6) is 0.372. The number of likely N-dealkylation sites (tertiary alicyclic amines) is 1. The van der Waals surface area contributed by atoms with Crippen LogP contribution in [0.15, 0.2) is 24.3 Å². The summed E-state index contributed by atoms with van der Waals surface area (Å²) in [7, 11) is 0. The van der Waals surface area contributed by atoms with Crippen molar-refractivity contribution in [2.75, 3.05) is 26.2 Å². The van der Waals surface area contributed by atoms with Gasteiger partial charge in [0.1, 0.15) is 5.82 Å². The van der Waals surface area contributed by atoms with Crippen LogP contribution in [0.1, 0.15) is 35.8 Å². The fourth-order valence-electron chi connectivity index (χ4n) is 3.31. The van der Waals surface area contributed by atoms with Gasteiger partial charge >= 0.3 is 0 Å². The second kappa shape index (κ2) is 10.0. The number of hydrogen-bond acceptors (Lipinski definition) is 3. The fourth-order valence-corrected chi connectivity index (χ4v) is 3.31. The largest absolute Gasteiger partial charge is 0.339 e. The zero-order chi connectivity index (χ0) is 17.1. The monoisotopic (exact) mass is 401 g/mol. The zero-order valence-corrected chi connectivity index (χ0v) is 16.8. The third kappa shape index (κ3) is 5.06. The Kier molecular flexibility index (Phi) is 8.74. The molecule has 4 nitrogen and oxygen atoms in total. The standard InChI is InChI=1S/C19H24FN3O.2ClH/c1-3-21-12-14-6-8-23(9-7-14)19(24)17-10-15-4-5-16(20)11-18(15)22-13(17)2;;/h4-5,10-11,14,21H,3,6-9,12H2,1-2H3;2*1H. The summed E-state index contributed by atoms with van der Waals surface area (Å²) in [5.41, 5.74) is 1.88. The van der Waals surface area contributed by atoms with Gasteiger partial charge in [-0.1, -0.05) is 6.92 Å². The molecule has 1 aliphatic rings. The lowest BCUT2D eigenvalue weighted by Gasteiger charge is -2.32. The molecule has 0 unspecified atom stereocenters. The Bertz CT molecular complexity index is 749. The van der Waals surface area contributed by atoms with E-state index >= 15 is 0 Å². The van der Waals surface area contributed by atoms with Gasteiger partial charge in [0.15, 0.2) is 0 Å². The second-order valence-electron chi connectivity index (χ2n) is 6.50. The molecule has 26 heavy (non-hydrogen) atoms. The van der Waals surface area contributed by atoms with Crippen LogP contribution in [0.4, 0.5) is 4.39 Å². The van der Waals surface area contributed by atoms with Crippen molar-refractivity contribution in [2.45, 2.75) is 26.7 Å². The summed E-state index contributed by atoms with van der Waals surface area (Å²) in [5, 5.41) is 4.18. The average molecular weight is 402 g/mol. The number of halogens is 3. The Balaban J connectivity index is 0.00000169. The van der Waals surface area contributed by atoms with Gasteiger partial charge in [-0.15, -0.1) is 24.8 Å².